The minimum absolute atomic E-state index is 1.30. The van der Waals surface area contributed by atoms with E-state index in [1.807, 2.05) is 0 Å². The van der Waals surface area contributed by atoms with Gasteiger partial charge in [0.2, 0.25) is 0 Å². The van der Waals surface area contributed by atoms with Gasteiger partial charge in [-0.1, -0.05) is 109 Å². The Morgan fingerprint density at radius 1 is 0.241 bits per heavy atom. The summed E-state index contributed by atoms with van der Waals surface area (Å²) in [7, 11) is 0. The number of rotatable bonds is 2. The number of fused-ring (bicyclic) bond motifs is 11. The first-order valence-corrected chi connectivity index (χ1v) is 19.2. The quantitative estimate of drug-likeness (QED) is 0.159. The topological polar surface area (TPSA) is 0 Å². The number of hydrogen-bond donors (Lipinski definition) is 0. The van der Waals surface area contributed by atoms with Gasteiger partial charge in [0.05, 0.1) is 0 Å². The summed E-state index contributed by atoms with van der Waals surface area (Å²) < 4.78 is 0. The average Bonchev–Trinajstić information content (AvgIpc) is 3.67. The lowest BCUT2D eigenvalue weighted by Crippen LogP contribution is -1.95. The van der Waals surface area contributed by atoms with Crippen molar-refractivity contribution in [3.05, 3.63) is 168 Å². The van der Waals surface area contributed by atoms with Gasteiger partial charge in [-0.2, -0.15) is 0 Å². The molecule has 0 nitrogen and oxygen atoms in total. The maximum atomic E-state index is 2.54. The van der Waals surface area contributed by atoms with E-state index < -0.39 is 0 Å². The van der Waals surface area contributed by atoms with Crippen LogP contribution in [-0.2, 0) is 0 Å². The molecule has 0 unspecified atom stereocenters. The van der Waals surface area contributed by atoms with Gasteiger partial charge in [-0.3, -0.25) is 0 Å². The van der Waals surface area contributed by atoms with Crippen molar-refractivity contribution in [3.8, 4) is 66.8 Å². The lowest BCUT2D eigenvalue weighted by atomic mass is 9.82. The lowest BCUT2D eigenvalue weighted by Gasteiger charge is -2.21. The molecule has 0 atom stereocenters. The molecule has 54 heavy (non-hydrogen) atoms. The zero-order valence-electron chi connectivity index (χ0n) is 30.9. The molecule has 0 amide bonds. The van der Waals surface area contributed by atoms with Gasteiger partial charge >= 0.3 is 0 Å². The zero-order chi connectivity index (χ0) is 36.0. The van der Waals surface area contributed by atoms with Crippen LogP contribution < -0.4 is 0 Å². The third-order valence-electron chi connectivity index (χ3n) is 12.8. The minimum atomic E-state index is 1.30. The van der Waals surface area contributed by atoms with E-state index in [1.165, 1.54) is 143 Å². The zero-order valence-corrected chi connectivity index (χ0v) is 30.9. The maximum absolute atomic E-state index is 2.54. The molecule has 0 bridgehead atoms. The third-order valence-corrected chi connectivity index (χ3v) is 12.8. The van der Waals surface area contributed by atoms with Crippen LogP contribution in [0.3, 0.4) is 0 Å². The fraction of sp³-hybridized carbons (Fsp3) is 0.0741. The molecule has 10 aromatic rings. The van der Waals surface area contributed by atoms with Crippen LogP contribution in [0.4, 0.5) is 0 Å². The first-order chi connectivity index (χ1) is 26.4. The van der Waals surface area contributed by atoms with Crippen molar-refractivity contribution in [1.82, 2.24) is 0 Å². The van der Waals surface area contributed by atoms with Gasteiger partial charge in [-0.05, 0) is 207 Å². The SMILES string of the molecule is Cc1cccc(C)c1-c1cc2c3cc4c(cc3c(-c3c(C)cccc3C)cc2c2cc3c(cc12)-c1cccc2cccc-3c12)-c1cccc2cccc-4c12. The second kappa shape index (κ2) is 10.6. The molecule has 0 fully saturated rings. The minimum Gasteiger partial charge on any atom is -0.0617 e. The molecule has 10 aromatic carbocycles. The molecule has 0 saturated carbocycles. The van der Waals surface area contributed by atoms with Gasteiger partial charge in [-0.25, -0.2) is 0 Å². The molecule has 12 rings (SSSR count). The van der Waals surface area contributed by atoms with E-state index in [0.29, 0.717) is 0 Å². The van der Waals surface area contributed by atoms with E-state index in [9.17, 15) is 0 Å². The van der Waals surface area contributed by atoms with Gasteiger partial charge < -0.3 is 0 Å². The van der Waals surface area contributed by atoms with Gasteiger partial charge in [0, 0.05) is 0 Å². The van der Waals surface area contributed by atoms with Crippen molar-refractivity contribution < 1.29 is 0 Å². The van der Waals surface area contributed by atoms with Crippen LogP contribution in [0.15, 0.2) is 146 Å². The molecule has 252 valence electrons. The second-order valence-electron chi connectivity index (χ2n) is 15.8. The number of benzene rings is 10. The fourth-order valence-corrected chi connectivity index (χ4v) is 10.5. The first kappa shape index (κ1) is 30.0. The molecular weight excluding hydrogens is 649 g/mol. The molecule has 0 saturated heterocycles. The van der Waals surface area contributed by atoms with E-state index in [0.717, 1.165) is 0 Å². The van der Waals surface area contributed by atoms with Crippen LogP contribution >= 0.6 is 0 Å². The monoisotopic (exact) mass is 684 g/mol. The van der Waals surface area contributed by atoms with E-state index in [4.69, 9.17) is 0 Å². The smallest absolute Gasteiger partial charge is 0.00264 e. The summed E-state index contributed by atoms with van der Waals surface area (Å²) >= 11 is 0. The Labute approximate surface area is 315 Å². The van der Waals surface area contributed by atoms with Crippen molar-refractivity contribution >= 4 is 53.9 Å². The lowest BCUT2D eigenvalue weighted by molar-refractivity contribution is 1.38. The molecule has 0 heterocycles. The van der Waals surface area contributed by atoms with Crippen molar-refractivity contribution in [2.45, 2.75) is 27.7 Å². The Bertz CT molecular complexity index is 3080. The van der Waals surface area contributed by atoms with E-state index >= 15 is 0 Å². The summed E-state index contributed by atoms with van der Waals surface area (Å²) in [5.41, 5.74) is 21.2. The van der Waals surface area contributed by atoms with Crippen molar-refractivity contribution in [3.63, 3.8) is 0 Å². The highest BCUT2D eigenvalue weighted by molar-refractivity contribution is 6.29. The molecule has 0 N–H and O–H groups in total. The Morgan fingerprint density at radius 3 is 0.833 bits per heavy atom. The fourth-order valence-electron chi connectivity index (χ4n) is 10.5. The summed E-state index contributed by atoms with van der Waals surface area (Å²) in [5, 5.41) is 13.2. The second-order valence-corrected chi connectivity index (χ2v) is 15.8. The Morgan fingerprint density at radius 2 is 0.500 bits per heavy atom. The van der Waals surface area contributed by atoms with Gasteiger partial charge in [0.1, 0.15) is 0 Å². The standard InChI is InChI=1S/C54H36/c1-29-11-5-12-30(2)51(29)49-27-45-44-24-40-36-20-8-16-34-18-10-22-38(54(34)36)42(40)26-48(44)50(52-31(3)13-6-14-32(52)4)28-46(45)43-23-39-35-19-7-15-33-17-9-21-37(53(33)35)41(39)25-47(43)49/h5-28H,1-4H3. The van der Waals surface area contributed by atoms with Gasteiger partial charge in [-0.15, -0.1) is 0 Å². The van der Waals surface area contributed by atoms with E-state index in [1.54, 1.807) is 0 Å². The van der Waals surface area contributed by atoms with Crippen LogP contribution in [0, 0.1) is 27.7 Å². The molecule has 0 heteroatoms. The molecular formula is C54H36. The van der Waals surface area contributed by atoms with E-state index in [2.05, 4.69) is 173 Å². The van der Waals surface area contributed by atoms with E-state index in [-0.39, 0.29) is 0 Å². The number of aryl methyl sites for hydroxylation is 4. The predicted molar refractivity (Wildman–Crippen MR) is 233 cm³/mol. The summed E-state index contributed by atoms with van der Waals surface area (Å²) in [5.74, 6) is 0. The molecule has 0 aromatic heterocycles. The van der Waals surface area contributed by atoms with Crippen LogP contribution in [0.25, 0.3) is 121 Å². The Balaban J connectivity index is 1.31. The molecule has 2 aliphatic carbocycles. The van der Waals surface area contributed by atoms with Crippen molar-refractivity contribution in [1.29, 1.82) is 0 Å². The largest absolute Gasteiger partial charge is 0.0617 e. The summed E-state index contributed by atoms with van der Waals surface area (Å²) in [6.07, 6.45) is 0. The summed E-state index contributed by atoms with van der Waals surface area (Å²) in [6, 6.07) is 55.8. The molecule has 2 aliphatic rings. The van der Waals surface area contributed by atoms with Crippen LogP contribution in [0.5, 0.6) is 0 Å². The van der Waals surface area contributed by atoms with Gasteiger partial charge in [0.25, 0.3) is 0 Å². The summed E-state index contributed by atoms with van der Waals surface area (Å²) in [4.78, 5) is 0. The van der Waals surface area contributed by atoms with Crippen molar-refractivity contribution in [2.24, 2.45) is 0 Å². The highest BCUT2D eigenvalue weighted by atomic mass is 14.3. The third kappa shape index (κ3) is 3.82. The molecule has 0 aliphatic heterocycles. The Hall–Kier alpha value is -6.50. The van der Waals surface area contributed by atoms with Crippen LogP contribution in [0.2, 0.25) is 0 Å². The van der Waals surface area contributed by atoms with Crippen LogP contribution in [0.1, 0.15) is 22.3 Å². The van der Waals surface area contributed by atoms with Crippen LogP contribution in [-0.4, -0.2) is 0 Å². The normalized spacial score (nSPS) is 12.4. The Kier molecular flexibility index (Phi) is 5.87. The molecule has 0 spiro atoms. The maximum Gasteiger partial charge on any atom is -0.00264 e. The number of hydrogen-bond acceptors (Lipinski definition) is 0. The highest BCUT2D eigenvalue weighted by Gasteiger charge is 2.27. The first-order valence-electron chi connectivity index (χ1n) is 19.2. The molecule has 0 radical (unpaired) electrons. The predicted octanol–water partition coefficient (Wildman–Crippen LogP) is 15.3. The van der Waals surface area contributed by atoms with Crippen molar-refractivity contribution in [2.75, 3.05) is 0 Å². The summed E-state index contributed by atoms with van der Waals surface area (Å²) in [6.45, 7) is 9.09. The highest BCUT2D eigenvalue weighted by Crippen LogP contribution is 2.54. The average molecular weight is 685 g/mol. The van der Waals surface area contributed by atoms with Gasteiger partial charge in [0.15, 0.2) is 0 Å².